The van der Waals surface area contributed by atoms with Gasteiger partial charge in [-0.15, -0.1) is 0 Å². The smallest absolute Gasteiger partial charge is 0.241 e. The predicted molar refractivity (Wildman–Crippen MR) is 131 cm³/mol. The fourth-order valence-corrected chi connectivity index (χ4v) is 4.66. The van der Waals surface area contributed by atoms with Crippen LogP contribution in [0.5, 0.6) is 11.5 Å². The zero-order valence-electron chi connectivity index (χ0n) is 19.5. The summed E-state index contributed by atoms with van der Waals surface area (Å²) < 4.78 is 39.3. The zero-order chi connectivity index (χ0) is 24.6. The highest BCUT2D eigenvalue weighted by atomic mass is 32.2. The maximum atomic E-state index is 13.2. The van der Waals surface area contributed by atoms with Crippen LogP contribution in [0, 0.1) is 0 Å². The number of hydrogen-bond acceptors (Lipinski definition) is 5. The Morgan fingerprint density at radius 1 is 0.912 bits per heavy atom. The monoisotopic (exact) mass is 482 g/mol. The van der Waals surface area contributed by atoms with E-state index in [0.29, 0.717) is 18.1 Å². The number of carbonyl (C=O) groups excluding carboxylic acids is 1. The Bertz CT molecular complexity index is 1160. The Morgan fingerprint density at radius 2 is 1.53 bits per heavy atom. The van der Waals surface area contributed by atoms with Gasteiger partial charge in [-0.05, 0) is 67.8 Å². The van der Waals surface area contributed by atoms with Gasteiger partial charge in [-0.2, -0.15) is 4.72 Å². The lowest BCUT2D eigenvalue weighted by molar-refractivity contribution is -0.123. The highest BCUT2D eigenvalue weighted by molar-refractivity contribution is 7.89. The van der Waals surface area contributed by atoms with Gasteiger partial charge in [-0.3, -0.25) is 4.79 Å². The average molecular weight is 483 g/mol. The molecule has 3 aromatic carbocycles. The number of benzene rings is 3. The summed E-state index contributed by atoms with van der Waals surface area (Å²) in [4.78, 5) is 13.3. The van der Waals surface area contributed by atoms with Gasteiger partial charge in [0.2, 0.25) is 15.9 Å². The van der Waals surface area contributed by atoms with Crippen molar-refractivity contribution in [1.29, 1.82) is 0 Å². The van der Waals surface area contributed by atoms with E-state index in [9.17, 15) is 13.2 Å². The average Bonchev–Trinajstić information content (AvgIpc) is 2.84. The lowest BCUT2D eigenvalue weighted by Gasteiger charge is -2.22. The number of ether oxygens (including phenoxy) is 2. The summed E-state index contributed by atoms with van der Waals surface area (Å²) in [5, 5.41) is 2.93. The second-order valence-corrected chi connectivity index (χ2v) is 9.49. The SMILES string of the molecule is CCOc1ccc(S(=O)(=O)NC(Cc2ccccc2)C(=O)NC(C)c2ccc(OC)cc2)cc1. The summed E-state index contributed by atoms with van der Waals surface area (Å²) in [6.45, 7) is 4.18. The summed E-state index contributed by atoms with van der Waals surface area (Å²) in [6.07, 6.45) is 0.207. The largest absolute Gasteiger partial charge is 0.497 e. The lowest BCUT2D eigenvalue weighted by atomic mass is 10.0. The van der Waals surface area contributed by atoms with Gasteiger partial charge >= 0.3 is 0 Å². The number of methoxy groups -OCH3 is 1. The molecule has 0 aliphatic carbocycles. The summed E-state index contributed by atoms with van der Waals surface area (Å²) in [6, 6.07) is 21.4. The van der Waals surface area contributed by atoms with E-state index in [1.54, 1.807) is 19.2 Å². The third-order valence-corrected chi connectivity index (χ3v) is 6.80. The molecule has 2 unspecified atom stereocenters. The number of hydrogen-bond donors (Lipinski definition) is 2. The fourth-order valence-electron chi connectivity index (χ4n) is 3.46. The molecular formula is C26H30N2O5S. The van der Waals surface area contributed by atoms with Gasteiger partial charge in [0, 0.05) is 0 Å². The van der Waals surface area contributed by atoms with Crippen molar-refractivity contribution in [3.8, 4) is 11.5 Å². The van der Waals surface area contributed by atoms with E-state index < -0.39 is 22.0 Å². The number of rotatable bonds is 11. The molecule has 0 aromatic heterocycles. The standard InChI is InChI=1S/C26H30N2O5S/c1-4-33-23-14-16-24(17-15-23)34(30,31)28-25(18-20-8-6-5-7-9-20)26(29)27-19(2)21-10-12-22(32-3)13-11-21/h5-17,19,25,28H,4,18H2,1-3H3,(H,27,29). The molecule has 0 radical (unpaired) electrons. The normalized spacial score (nSPS) is 13.0. The Morgan fingerprint density at radius 3 is 2.12 bits per heavy atom. The summed E-state index contributed by atoms with van der Waals surface area (Å²) in [5.41, 5.74) is 1.72. The highest BCUT2D eigenvalue weighted by Crippen LogP contribution is 2.19. The molecule has 7 nitrogen and oxygen atoms in total. The highest BCUT2D eigenvalue weighted by Gasteiger charge is 2.27. The summed E-state index contributed by atoms with van der Waals surface area (Å²) in [5.74, 6) is 0.877. The number of sulfonamides is 1. The van der Waals surface area contributed by atoms with Gasteiger partial charge in [-0.1, -0.05) is 42.5 Å². The maximum absolute atomic E-state index is 13.2. The third-order valence-electron chi connectivity index (χ3n) is 5.32. The van der Waals surface area contributed by atoms with Gasteiger partial charge in [-0.25, -0.2) is 8.42 Å². The molecule has 3 rings (SSSR count). The molecule has 0 saturated heterocycles. The van der Waals surface area contributed by atoms with Crippen molar-refractivity contribution in [2.24, 2.45) is 0 Å². The van der Waals surface area contributed by atoms with Crippen LogP contribution in [0.2, 0.25) is 0 Å². The van der Waals surface area contributed by atoms with Crippen LogP contribution < -0.4 is 19.5 Å². The van der Waals surface area contributed by atoms with Gasteiger partial charge in [0.1, 0.15) is 17.5 Å². The minimum Gasteiger partial charge on any atom is -0.497 e. The first-order valence-corrected chi connectivity index (χ1v) is 12.5. The summed E-state index contributed by atoms with van der Waals surface area (Å²) >= 11 is 0. The molecule has 180 valence electrons. The fraction of sp³-hybridized carbons (Fsp3) is 0.269. The minimum atomic E-state index is -3.95. The maximum Gasteiger partial charge on any atom is 0.241 e. The number of carbonyl (C=O) groups is 1. The van der Waals surface area contributed by atoms with E-state index in [-0.39, 0.29) is 17.4 Å². The van der Waals surface area contributed by atoms with Gasteiger partial charge in [0.15, 0.2) is 0 Å². The molecule has 0 heterocycles. The quantitative estimate of drug-likeness (QED) is 0.433. The topological polar surface area (TPSA) is 93.7 Å². The van der Waals surface area contributed by atoms with Crippen LogP contribution in [0.15, 0.2) is 83.8 Å². The molecule has 3 aromatic rings. The molecule has 0 spiro atoms. The van der Waals surface area contributed by atoms with Gasteiger partial charge < -0.3 is 14.8 Å². The van der Waals surface area contributed by atoms with E-state index in [4.69, 9.17) is 9.47 Å². The molecule has 0 aliphatic heterocycles. The summed E-state index contributed by atoms with van der Waals surface area (Å²) in [7, 11) is -2.36. The Kier molecular flexibility index (Phi) is 8.67. The van der Waals surface area contributed by atoms with E-state index in [1.807, 2.05) is 68.4 Å². The van der Waals surface area contributed by atoms with Crippen molar-refractivity contribution < 1.29 is 22.7 Å². The van der Waals surface area contributed by atoms with E-state index >= 15 is 0 Å². The molecule has 2 N–H and O–H groups in total. The van der Waals surface area contributed by atoms with Crippen molar-refractivity contribution in [3.63, 3.8) is 0 Å². The molecule has 1 amide bonds. The number of nitrogens with one attached hydrogen (secondary N) is 2. The number of amides is 1. The van der Waals surface area contributed by atoms with Crippen molar-refractivity contribution in [3.05, 3.63) is 90.0 Å². The molecule has 0 aliphatic rings. The van der Waals surface area contributed by atoms with E-state index in [0.717, 1.165) is 11.1 Å². The van der Waals surface area contributed by atoms with Crippen LogP contribution >= 0.6 is 0 Å². The van der Waals surface area contributed by atoms with E-state index in [2.05, 4.69) is 10.0 Å². The van der Waals surface area contributed by atoms with Crippen molar-refractivity contribution in [2.75, 3.05) is 13.7 Å². The second kappa shape index (κ2) is 11.7. The van der Waals surface area contributed by atoms with Crippen LogP contribution in [0.3, 0.4) is 0 Å². The Hall–Kier alpha value is -3.36. The lowest BCUT2D eigenvalue weighted by Crippen LogP contribution is -2.48. The zero-order valence-corrected chi connectivity index (χ0v) is 20.3. The molecular weight excluding hydrogens is 452 g/mol. The minimum absolute atomic E-state index is 0.0602. The molecule has 0 saturated carbocycles. The Balaban J connectivity index is 1.80. The molecule has 34 heavy (non-hydrogen) atoms. The first kappa shape index (κ1) is 25.3. The molecule has 8 heteroatoms. The van der Waals surface area contributed by atoms with Crippen LogP contribution in [-0.4, -0.2) is 34.1 Å². The van der Waals surface area contributed by atoms with Crippen LogP contribution in [-0.2, 0) is 21.2 Å². The second-order valence-electron chi connectivity index (χ2n) is 7.77. The molecule has 0 bridgehead atoms. The van der Waals surface area contributed by atoms with Gasteiger partial charge in [0.05, 0.1) is 24.7 Å². The first-order valence-electron chi connectivity index (χ1n) is 11.1. The van der Waals surface area contributed by atoms with Crippen LogP contribution in [0.25, 0.3) is 0 Å². The molecule has 2 atom stereocenters. The van der Waals surface area contributed by atoms with E-state index in [1.165, 1.54) is 12.1 Å². The van der Waals surface area contributed by atoms with Crippen molar-refractivity contribution >= 4 is 15.9 Å². The Labute approximate surface area is 201 Å². The van der Waals surface area contributed by atoms with Crippen molar-refractivity contribution in [1.82, 2.24) is 10.0 Å². The predicted octanol–water partition coefficient (Wildman–Crippen LogP) is 3.86. The van der Waals surface area contributed by atoms with Crippen molar-refractivity contribution in [2.45, 2.75) is 37.2 Å². The van der Waals surface area contributed by atoms with Gasteiger partial charge in [0.25, 0.3) is 0 Å². The molecule has 0 fully saturated rings. The van der Waals surface area contributed by atoms with Crippen LogP contribution in [0.1, 0.15) is 31.0 Å². The van der Waals surface area contributed by atoms with Crippen LogP contribution in [0.4, 0.5) is 0 Å². The first-order chi connectivity index (χ1) is 16.3. The third kappa shape index (κ3) is 6.82.